The fourth-order valence-electron chi connectivity index (χ4n) is 2.62. The molecule has 2 rings (SSSR count). The highest BCUT2D eigenvalue weighted by Crippen LogP contribution is 2.26. The fourth-order valence-corrected chi connectivity index (χ4v) is 2.62. The van der Waals surface area contributed by atoms with Crippen LogP contribution in [0, 0.1) is 5.92 Å². The lowest BCUT2D eigenvalue weighted by Crippen LogP contribution is -2.49. The van der Waals surface area contributed by atoms with Crippen molar-refractivity contribution in [3.63, 3.8) is 0 Å². The van der Waals surface area contributed by atoms with Crippen LogP contribution in [0.15, 0.2) is 0 Å². The predicted octanol–water partition coefficient (Wildman–Crippen LogP) is -0.170. The molecule has 18 heavy (non-hydrogen) atoms. The highest BCUT2D eigenvalue weighted by Gasteiger charge is 2.29. The molecular formula is C12H21N3O3. The van der Waals surface area contributed by atoms with E-state index in [1.807, 2.05) is 0 Å². The Hall–Kier alpha value is -1.14. The van der Waals surface area contributed by atoms with Gasteiger partial charge in [0.2, 0.25) is 5.91 Å². The summed E-state index contributed by atoms with van der Waals surface area (Å²) in [5.41, 5.74) is 8.09. The Bertz CT molecular complexity index is 316. The topological polar surface area (TPSA) is 93.5 Å². The minimum atomic E-state index is -0.602. The number of hydrogen-bond acceptors (Lipinski definition) is 4. The Morgan fingerprint density at radius 3 is 2.78 bits per heavy atom. The van der Waals surface area contributed by atoms with Crippen LogP contribution in [0.1, 0.15) is 38.5 Å². The van der Waals surface area contributed by atoms with Crippen LogP contribution in [0.2, 0.25) is 0 Å². The van der Waals surface area contributed by atoms with E-state index in [0.29, 0.717) is 12.3 Å². The van der Waals surface area contributed by atoms with E-state index in [0.717, 1.165) is 12.8 Å². The monoisotopic (exact) mass is 255 g/mol. The van der Waals surface area contributed by atoms with Crippen molar-refractivity contribution in [2.75, 3.05) is 6.61 Å². The van der Waals surface area contributed by atoms with Crippen LogP contribution in [0.25, 0.3) is 0 Å². The highest BCUT2D eigenvalue weighted by molar-refractivity contribution is 5.90. The fraction of sp³-hybridized carbons (Fsp3) is 0.833. The smallest absolute Gasteiger partial charge is 0.268 e. The van der Waals surface area contributed by atoms with E-state index >= 15 is 0 Å². The number of hydrogen-bond donors (Lipinski definition) is 3. The number of rotatable bonds is 4. The molecule has 1 aliphatic carbocycles. The van der Waals surface area contributed by atoms with Crippen LogP contribution >= 0.6 is 0 Å². The summed E-state index contributed by atoms with van der Waals surface area (Å²) in [6.07, 6.45) is 6.79. The number of nitrogens with two attached hydrogens (primary N) is 1. The van der Waals surface area contributed by atoms with E-state index in [4.69, 9.17) is 10.6 Å². The maximum atomic E-state index is 11.8. The molecule has 1 heterocycles. The van der Waals surface area contributed by atoms with Gasteiger partial charge < -0.3 is 11.1 Å². The van der Waals surface area contributed by atoms with Crippen molar-refractivity contribution in [3.05, 3.63) is 0 Å². The summed E-state index contributed by atoms with van der Waals surface area (Å²) in [5, 5.41) is 2.62. The SMILES string of the molecule is NC(CC1CCCCC1)C(=O)N[C@@H]1CONC1=O. The first-order valence-corrected chi connectivity index (χ1v) is 6.64. The Morgan fingerprint density at radius 1 is 1.44 bits per heavy atom. The minimum absolute atomic E-state index is 0.167. The molecule has 102 valence electrons. The van der Waals surface area contributed by atoms with Crippen molar-refractivity contribution in [2.24, 2.45) is 11.7 Å². The van der Waals surface area contributed by atoms with Gasteiger partial charge in [0.05, 0.1) is 6.04 Å². The third-order valence-electron chi connectivity index (χ3n) is 3.70. The number of hydroxylamine groups is 1. The van der Waals surface area contributed by atoms with Crippen molar-refractivity contribution in [2.45, 2.75) is 50.6 Å². The largest absolute Gasteiger partial charge is 0.341 e. The molecule has 6 heteroatoms. The molecule has 2 atom stereocenters. The van der Waals surface area contributed by atoms with Crippen molar-refractivity contribution in [1.82, 2.24) is 10.8 Å². The molecule has 0 bridgehead atoms. The molecule has 1 aliphatic heterocycles. The van der Waals surface area contributed by atoms with E-state index in [-0.39, 0.29) is 18.4 Å². The molecule has 6 nitrogen and oxygen atoms in total. The van der Waals surface area contributed by atoms with Crippen molar-refractivity contribution in [1.29, 1.82) is 0 Å². The lowest BCUT2D eigenvalue weighted by molar-refractivity contribution is -0.129. The Labute approximate surface area is 107 Å². The first-order chi connectivity index (χ1) is 8.66. The molecule has 1 saturated heterocycles. The zero-order valence-corrected chi connectivity index (χ0v) is 10.5. The second-order valence-corrected chi connectivity index (χ2v) is 5.18. The summed E-state index contributed by atoms with van der Waals surface area (Å²) in [6, 6.07) is -1.13. The highest BCUT2D eigenvalue weighted by atomic mass is 16.7. The van der Waals surface area contributed by atoms with Gasteiger partial charge in [0.25, 0.3) is 5.91 Å². The molecule has 0 aromatic heterocycles. The quantitative estimate of drug-likeness (QED) is 0.650. The number of carbonyl (C=O) groups excluding carboxylic acids is 2. The molecule has 0 aromatic carbocycles. The molecule has 0 aromatic rings. The summed E-state index contributed by atoms with van der Waals surface area (Å²) in [6.45, 7) is 0.167. The summed E-state index contributed by atoms with van der Waals surface area (Å²) in [7, 11) is 0. The van der Waals surface area contributed by atoms with Gasteiger partial charge in [-0.25, -0.2) is 5.48 Å². The second-order valence-electron chi connectivity index (χ2n) is 5.18. The molecule has 4 N–H and O–H groups in total. The maximum absolute atomic E-state index is 11.8. The summed E-state index contributed by atoms with van der Waals surface area (Å²) >= 11 is 0. The molecule has 1 unspecified atom stereocenters. The van der Waals surface area contributed by atoms with Gasteiger partial charge in [-0.2, -0.15) is 0 Å². The Balaban J connectivity index is 1.75. The third kappa shape index (κ3) is 3.43. The van der Waals surface area contributed by atoms with Gasteiger partial charge in [-0.15, -0.1) is 0 Å². The predicted molar refractivity (Wildman–Crippen MR) is 65.2 cm³/mol. The average Bonchev–Trinajstić information content (AvgIpc) is 2.76. The standard InChI is InChI=1S/C12H21N3O3/c13-9(6-8-4-2-1-3-5-8)11(16)14-10-7-18-15-12(10)17/h8-10H,1-7,13H2,(H,14,16)(H,15,17)/t9?,10-/m1/s1. The van der Waals surface area contributed by atoms with Crippen LogP contribution in [0.5, 0.6) is 0 Å². The van der Waals surface area contributed by atoms with E-state index in [1.165, 1.54) is 19.3 Å². The average molecular weight is 255 g/mol. The summed E-state index contributed by atoms with van der Waals surface area (Å²) < 4.78 is 0. The van der Waals surface area contributed by atoms with E-state index in [2.05, 4.69) is 10.8 Å². The molecular weight excluding hydrogens is 234 g/mol. The van der Waals surface area contributed by atoms with Gasteiger partial charge in [-0.05, 0) is 12.3 Å². The zero-order chi connectivity index (χ0) is 13.0. The van der Waals surface area contributed by atoms with Crippen molar-refractivity contribution in [3.8, 4) is 0 Å². The Kier molecular flexibility index (Phi) is 4.54. The van der Waals surface area contributed by atoms with Crippen LogP contribution in [0.4, 0.5) is 0 Å². The Morgan fingerprint density at radius 2 is 2.17 bits per heavy atom. The summed E-state index contributed by atoms with van der Waals surface area (Å²) in [5.74, 6) is -0.0207. The van der Waals surface area contributed by atoms with Crippen LogP contribution in [-0.4, -0.2) is 30.5 Å². The minimum Gasteiger partial charge on any atom is -0.341 e. The lowest BCUT2D eigenvalue weighted by Gasteiger charge is -2.24. The molecule has 2 aliphatic rings. The number of carbonyl (C=O) groups is 2. The number of amides is 2. The molecule has 2 amide bonds. The van der Waals surface area contributed by atoms with Gasteiger partial charge >= 0.3 is 0 Å². The van der Waals surface area contributed by atoms with E-state index in [1.54, 1.807) is 0 Å². The van der Waals surface area contributed by atoms with Crippen LogP contribution in [-0.2, 0) is 14.4 Å². The van der Waals surface area contributed by atoms with E-state index in [9.17, 15) is 9.59 Å². The van der Waals surface area contributed by atoms with Gasteiger partial charge in [0.1, 0.15) is 12.6 Å². The molecule has 0 spiro atoms. The lowest BCUT2D eigenvalue weighted by atomic mass is 9.85. The van der Waals surface area contributed by atoms with Crippen molar-refractivity contribution >= 4 is 11.8 Å². The first kappa shape index (κ1) is 13.3. The summed E-state index contributed by atoms with van der Waals surface area (Å²) in [4.78, 5) is 27.8. The zero-order valence-electron chi connectivity index (χ0n) is 10.5. The van der Waals surface area contributed by atoms with Crippen LogP contribution < -0.4 is 16.5 Å². The molecule has 0 radical (unpaired) electrons. The maximum Gasteiger partial charge on any atom is 0.268 e. The number of nitrogens with one attached hydrogen (secondary N) is 2. The molecule has 2 fully saturated rings. The first-order valence-electron chi connectivity index (χ1n) is 6.64. The van der Waals surface area contributed by atoms with E-state index < -0.39 is 12.1 Å². The normalized spacial score (nSPS) is 26.7. The van der Waals surface area contributed by atoms with Gasteiger partial charge in [0.15, 0.2) is 0 Å². The van der Waals surface area contributed by atoms with Crippen molar-refractivity contribution < 1.29 is 14.4 Å². The van der Waals surface area contributed by atoms with Gasteiger partial charge in [-0.1, -0.05) is 32.1 Å². The van der Waals surface area contributed by atoms with Gasteiger partial charge in [-0.3, -0.25) is 14.4 Å². The van der Waals surface area contributed by atoms with Gasteiger partial charge in [0, 0.05) is 0 Å². The van der Waals surface area contributed by atoms with Crippen LogP contribution in [0.3, 0.4) is 0 Å². The molecule has 1 saturated carbocycles. The second kappa shape index (κ2) is 6.15. The third-order valence-corrected chi connectivity index (χ3v) is 3.70.